The third-order valence-corrected chi connectivity index (χ3v) is 4.69. The van der Waals surface area contributed by atoms with Gasteiger partial charge in [-0.05, 0) is 37.0 Å². The first kappa shape index (κ1) is 14.3. The first-order chi connectivity index (χ1) is 11.2. The first-order valence-corrected chi connectivity index (χ1v) is 8.13. The maximum Gasteiger partial charge on any atom is 0.241 e. The number of carbonyl (C=O) groups excluding carboxylic acids is 1. The van der Waals surface area contributed by atoms with Crippen molar-refractivity contribution in [3.05, 3.63) is 53.1 Å². The van der Waals surface area contributed by atoms with Gasteiger partial charge in [-0.3, -0.25) is 9.69 Å². The predicted molar refractivity (Wildman–Crippen MR) is 88.2 cm³/mol. The van der Waals surface area contributed by atoms with Crippen LogP contribution in [0.25, 0.3) is 0 Å². The molecule has 2 aliphatic rings. The van der Waals surface area contributed by atoms with Crippen molar-refractivity contribution in [2.45, 2.75) is 26.3 Å². The summed E-state index contributed by atoms with van der Waals surface area (Å²) in [5.74, 6) is 0.981. The first-order valence-electron chi connectivity index (χ1n) is 8.13. The van der Waals surface area contributed by atoms with E-state index in [9.17, 15) is 4.79 Å². The number of aryl methyl sites for hydroxylation is 1. The van der Waals surface area contributed by atoms with Crippen LogP contribution in [0.5, 0.6) is 0 Å². The Bertz CT molecular complexity index is 758. The fourth-order valence-electron chi connectivity index (χ4n) is 3.47. The van der Waals surface area contributed by atoms with E-state index >= 15 is 0 Å². The number of anilines is 1. The van der Waals surface area contributed by atoms with Gasteiger partial charge in [-0.1, -0.05) is 18.2 Å². The lowest BCUT2D eigenvalue weighted by Crippen LogP contribution is -2.42. The number of fused-ring (bicyclic) bond motifs is 2. The molecule has 0 bridgehead atoms. The normalized spacial score (nSPS) is 17.0. The molecule has 118 valence electrons. The standard InChI is InChI=1S/C18H20N4O/c1-13-19-10-15-6-8-21(11-16(15)20-13)12-18(23)22-9-7-14-4-2-3-5-17(14)22/h2-5,10H,6-9,11-12H2,1H3. The summed E-state index contributed by atoms with van der Waals surface area (Å²) in [6, 6.07) is 8.19. The van der Waals surface area contributed by atoms with Gasteiger partial charge in [0.1, 0.15) is 5.82 Å². The maximum atomic E-state index is 12.7. The van der Waals surface area contributed by atoms with Crippen LogP contribution in [0, 0.1) is 6.92 Å². The van der Waals surface area contributed by atoms with E-state index in [1.165, 1.54) is 11.1 Å². The van der Waals surface area contributed by atoms with Gasteiger partial charge in [-0.25, -0.2) is 9.97 Å². The summed E-state index contributed by atoms with van der Waals surface area (Å²) in [4.78, 5) is 25.6. The molecule has 5 heteroatoms. The van der Waals surface area contributed by atoms with Crippen molar-refractivity contribution in [3.8, 4) is 0 Å². The zero-order valence-corrected chi connectivity index (χ0v) is 13.3. The number of carbonyl (C=O) groups is 1. The third kappa shape index (κ3) is 2.72. The van der Waals surface area contributed by atoms with E-state index in [0.29, 0.717) is 6.54 Å². The van der Waals surface area contributed by atoms with Crippen molar-refractivity contribution in [3.63, 3.8) is 0 Å². The number of benzene rings is 1. The number of rotatable bonds is 2. The second-order valence-electron chi connectivity index (χ2n) is 6.27. The van der Waals surface area contributed by atoms with E-state index in [1.807, 2.05) is 36.2 Å². The zero-order chi connectivity index (χ0) is 15.8. The lowest BCUT2D eigenvalue weighted by Gasteiger charge is -2.29. The molecule has 1 amide bonds. The molecular formula is C18H20N4O. The fourth-order valence-corrected chi connectivity index (χ4v) is 3.47. The summed E-state index contributed by atoms with van der Waals surface area (Å²) in [6.07, 6.45) is 3.80. The van der Waals surface area contributed by atoms with Crippen LogP contribution in [0.1, 0.15) is 22.6 Å². The molecule has 0 aliphatic carbocycles. The minimum Gasteiger partial charge on any atom is -0.311 e. The van der Waals surface area contributed by atoms with Crippen LogP contribution >= 0.6 is 0 Å². The minimum atomic E-state index is 0.184. The fraction of sp³-hybridized carbons (Fsp3) is 0.389. The van der Waals surface area contributed by atoms with Crippen LogP contribution < -0.4 is 4.90 Å². The molecule has 0 fully saturated rings. The molecule has 4 rings (SSSR count). The van der Waals surface area contributed by atoms with Gasteiger partial charge in [0.05, 0.1) is 12.2 Å². The van der Waals surface area contributed by atoms with Crippen LogP contribution in [-0.4, -0.2) is 40.4 Å². The summed E-state index contributed by atoms with van der Waals surface area (Å²) in [5.41, 5.74) is 4.63. The molecule has 0 saturated carbocycles. The van der Waals surface area contributed by atoms with Crippen molar-refractivity contribution >= 4 is 11.6 Å². The molecule has 23 heavy (non-hydrogen) atoms. The van der Waals surface area contributed by atoms with Crippen LogP contribution in [0.4, 0.5) is 5.69 Å². The molecule has 0 atom stereocenters. The highest BCUT2D eigenvalue weighted by molar-refractivity contribution is 5.96. The second kappa shape index (κ2) is 5.74. The lowest BCUT2D eigenvalue weighted by atomic mass is 10.1. The molecule has 5 nitrogen and oxygen atoms in total. The van der Waals surface area contributed by atoms with Crippen LogP contribution in [-0.2, 0) is 24.2 Å². The van der Waals surface area contributed by atoms with Crippen molar-refractivity contribution < 1.29 is 4.79 Å². The minimum absolute atomic E-state index is 0.184. The summed E-state index contributed by atoms with van der Waals surface area (Å²) < 4.78 is 0. The number of hydrogen-bond acceptors (Lipinski definition) is 4. The number of amides is 1. The number of aromatic nitrogens is 2. The summed E-state index contributed by atoms with van der Waals surface area (Å²) >= 11 is 0. The molecule has 2 aromatic rings. The number of hydrogen-bond donors (Lipinski definition) is 0. The van der Waals surface area contributed by atoms with E-state index in [1.54, 1.807) is 0 Å². The van der Waals surface area contributed by atoms with Crippen molar-refractivity contribution in [2.75, 3.05) is 24.5 Å². The van der Waals surface area contributed by atoms with E-state index in [2.05, 4.69) is 20.9 Å². The van der Waals surface area contributed by atoms with Gasteiger partial charge in [0.2, 0.25) is 5.91 Å². The molecule has 1 aromatic heterocycles. The van der Waals surface area contributed by atoms with Crippen LogP contribution in [0.15, 0.2) is 30.5 Å². The molecule has 0 unspecified atom stereocenters. The third-order valence-electron chi connectivity index (χ3n) is 4.69. The van der Waals surface area contributed by atoms with Gasteiger partial charge in [-0.15, -0.1) is 0 Å². The maximum absolute atomic E-state index is 12.7. The molecule has 0 N–H and O–H groups in total. The highest BCUT2D eigenvalue weighted by Crippen LogP contribution is 2.27. The van der Waals surface area contributed by atoms with E-state index in [4.69, 9.17) is 0 Å². The van der Waals surface area contributed by atoms with Crippen molar-refractivity contribution in [2.24, 2.45) is 0 Å². The summed E-state index contributed by atoms with van der Waals surface area (Å²) in [5, 5.41) is 0. The highest BCUT2D eigenvalue weighted by atomic mass is 16.2. The summed E-state index contributed by atoms with van der Waals surface area (Å²) in [6.45, 7) is 4.78. The Balaban J connectivity index is 1.46. The average molecular weight is 308 g/mol. The Morgan fingerprint density at radius 2 is 2.00 bits per heavy atom. The van der Waals surface area contributed by atoms with Gasteiger partial charge in [0.15, 0.2) is 0 Å². The molecule has 1 aromatic carbocycles. The van der Waals surface area contributed by atoms with Gasteiger partial charge in [0, 0.05) is 31.5 Å². The Morgan fingerprint density at radius 3 is 2.91 bits per heavy atom. The molecule has 0 saturated heterocycles. The van der Waals surface area contributed by atoms with Crippen molar-refractivity contribution in [1.29, 1.82) is 0 Å². The van der Waals surface area contributed by atoms with Gasteiger partial charge >= 0.3 is 0 Å². The van der Waals surface area contributed by atoms with Gasteiger partial charge < -0.3 is 4.90 Å². The lowest BCUT2D eigenvalue weighted by molar-refractivity contribution is -0.119. The topological polar surface area (TPSA) is 49.3 Å². The Labute approximate surface area is 136 Å². The Morgan fingerprint density at radius 1 is 1.17 bits per heavy atom. The van der Waals surface area contributed by atoms with E-state index < -0.39 is 0 Å². The largest absolute Gasteiger partial charge is 0.311 e. The Hall–Kier alpha value is -2.27. The smallest absolute Gasteiger partial charge is 0.241 e. The molecule has 2 aliphatic heterocycles. The van der Waals surface area contributed by atoms with Crippen LogP contribution in [0.3, 0.4) is 0 Å². The number of nitrogens with zero attached hydrogens (tertiary/aromatic N) is 4. The second-order valence-corrected chi connectivity index (χ2v) is 6.27. The molecule has 3 heterocycles. The SMILES string of the molecule is Cc1ncc2c(n1)CN(CC(=O)N1CCc3ccccc31)CC2. The van der Waals surface area contributed by atoms with Crippen molar-refractivity contribution in [1.82, 2.24) is 14.9 Å². The predicted octanol–water partition coefficient (Wildman–Crippen LogP) is 1.73. The Kier molecular flexibility index (Phi) is 3.58. The molecule has 0 spiro atoms. The zero-order valence-electron chi connectivity index (χ0n) is 13.3. The highest BCUT2D eigenvalue weighted by Gasteiger charge is 2.27. The number of para-hydroxylation sites is 1. The quantitative estimate of drug-likeness (QED) is 0.848. The molecule has 0 radical (unpaired) electrons. The van der Waals surface area contributed by atoms with E-state index in [0.717, 1.165) is 49.7 Å². The summed E-state index contributed by atoms with van der Waals surface area (Å²) in [7, 11) is 0. The van der Waals surface area contributed by atoms with Gasteiger partial charge in [-0.2, -0.15) is 0 Å². The molecular weight excluding hydrogens is 288 g/mol. The van der Waals surface area contributed by atoms with E-state index in [-0.39, 0.29) is 5.91 Å². The van der Waals surface area contributed by atoms with Crippen LogP contribution in [0.2, 0.25) is 0 Å². The van der Waals surface area contributed by atoms with Gasteiger partial charge in [0.25, 0.3) is 0 Å². The monoisotopic (exact) mass is 308 g/mol. The average Bonchev–Trinajstić information content (AvgIpc) is 2.98.